The Morgan fingerprint density at radius 3 is 1.84 bits per heavy atom. The third-order valence-electron chi connectivity index (χ3n) is 11.8. The lowest BCUT2D eigenvalue weighted by molar-refractivity contribution is 0.608. The van der Waals surface area contributed by atoms with Crippen LogP contribution in [-0.4, -0.2) is 9.55 Å². The largest absolute Gasteiger partial charge is 0.292 e. The summed E-state index contributed by atoms with van der Waals surface area (Å²) >= 11 is 1.90. The molecule has 1 aliphatic heterocycles. The number of para-hydroxylation sites is 3. The van der Waals surface area contributed by atoms with Gasteiger partial charge in [-0.3, -0.25) is 4.57 Å². The van der Waals surface area contributed by atoms with Crippen LogP contribution in [0.15, 0.2) is 204 Å². The monoisotopic (exact) mass is 746 g/mol. The molecular formula is C54H38N2S. The van der Waals surface area contributed by atoms with Gasteiger partial charge in [-0.25, -0.2) is 4.98 Å². The summed E-state index contributed by atoms with van der Waals surface area (Å²) in [5, 5.41) is 5.00. The Labute approximate surface area is 337 Å². The lowest BCUT2D eigenvalue weighted by Crippen LogP contribution is -2.23. The van der Waals surface area contributed by atoms with Crippen LogP contribution in [0.5, 0.6) is 0 Å². The second-order valence-electron chi connectivity index (χ2n) is 15.5. The zero-order chi connectivity index (χ0) is 38.1. The molecule has 2 heterocycles. The van der Waals surface area contributed by atoms with Crippen LogP contribution in [0, 0.1) is 0 Å². The molecule has 11 rings (SSSR count). The summed E-state index contributed by atoms with van der Waals surface area (Å²) in [6.07, 6.45) is 0. The van der Waals surface area contributed by atoms with Crippen LogP contribution in [0.25, 0.3) is 83.0 Å². The van der Waals surface area contributed by atoms with Gasteiger partial charge in [0.05, 0.1) is 11.0 Å². The molecule has 0 saturated carbocycles. The van der Waals surface area contributed by atoms with E-state index in [9.17, 15) is 0 Å². The molecule has 0 fully saturated rings. The van der Waals surface area contributed by atoms with E-state index in [4.69, 9.17) is 4.98 Å². The van der Waals surface area contributed by atoms with Crippen LogP contribution in [0.3, 0.4) is 0 Å². The van der Waals surface area contributed by atoms with Crippen molar-refractivity contribution in [1.29, 1.82) is 0 Å². The number of nitrogens with zero attached hydrogens (tertiary/aromatic N) is 2. The molecule has 0 saturated heterocycles. The maximum absolute atomic E-state index is 5.28. The predicted molar refractivity (Wildman–Crippen MR) is 241 cm³/mol. The molecule has 3 heteroatoms. The minimum absolute atomic E-state index is 0.177. The highest BCUT2D eigenvalue weighted by atomic mass is 32.2. The van der Waals surface area contributed by atoms with E-state index in [0.717, 1.165) is 28.1 Å². The number of benzene rings is 9. The Bertz CT molecular complexity index is 3160. The minimum Gasteiger partial charge on any atom is -0.292 e. The van der Waals surface area contributed by atoms with Gasteiger partial charge in [-0.2, -0.15) is 0 Å². The van der Waals surface area contributed by atoms with E-state index in [1.807, 2.05) is 11.8 Å². The second kappa shape index (κ2) is 13.2. The first-order chi connectivity index (χ1) is 28.0. The van der Waals surface area contributed by atoms with Gasteiger partial charge in [0.25, 0.3) is 0 Å². The van der Waals surface area contributed by atoms with Crippen molar-refractivity contribution in [2.75, 3.05) is 0 Å². The average Bonchev–Trinajstić information content (AvgIpc) is 3.66. The standard InChI is InChI=1S/C54H38N2S/c1-54(2)45-25-12-15-28-49(45)57-50-34-44-43(33-46(50)54)52(41-30-29-37(35-17-6-3-7-18-35)32-42(41)51(44)36-19-8-4-9-20-36)38-21-16-22-39(31-38)53-55-47-26-13-14-27-48(47)56(53)40-23-10-5-11-24-40/h3-34H,1-2H3. The molecule has 1 aromatic heterocycles. The van der Waals surface area contributed by atoms with Crippen molar-refractivity contribution >= 4 is 44.3 Å². The molecule has 2 nitrogen and oxygen atoms in total. The van der Waals surface area contributed by atoms with E-state index < -0.39 is 0 Å². The highest BCUT2D eigenvalue weighted by Crippen LogP contribution is 2.53. The first kappa shape index (κ1) is 33.6. The summed E-state index contributed by atoms with van der Waals surface area (Å²) in [6, 6.07) is 70.8. The molecule has 0 radical (unpaired) electrons. The Hall–Kier alpha value is -6.68. The summed E-state index contributed by atoms with van der Waals surface area (Å²) in [7, 11) is 0. The topological polar surface area (TPSA) is 17.8 Å². The molecule has 0 amide bonds. The minimum atomic E-state index is -0.177. The first-order valence-electron chi connectivity index (χ1n) is 19.6. The van der Waals surface area contributed by atoms with Crippen molar-refractivity contribution in [1.82, 2.24) is 9.55 Å². The van der Waals surface area contributed by atoms with E-state index in [-0.39, 0.29) is 5.41 Å². The fourth-order valence-corrected chi connectivity index (χ4v) is 10.5. The predicted octanol–water partition coefficient (Wildman–Crippen LogP) is 14.8. The van der Waals surface area contributed by atoms with Gasteiger partial charge in [0.2, 0.25) is 0 Å². The molecule has 0 aliphatic carbocycles. The number of hydrogen-bond donors (Lipinski definition) is 0. The highest BCUT2D eigenvalue weighted by molar-refractivity contribution is 7.99. The molecular weight excluding hydrogens is 709 g/mol. The van der Waals surface area contributed by atoms with Gasteiger partial charge in [0.1, 0.15) is 5.82 Å². The van der Waals surface area contributed by atoms with Crippen molar-refractivity contribution in [3.63, 3.8) is 0 Å². The fourth-order valence-electron chi connectivity index (χ4n) is 9.07. The number of aromatic nitrogens is 2. The number of rotatable bonds is 5. The Morgan fingerprint density at radius 1 is 0.421 bits per heavy atom. The van der Waals surface area contributed by atoms with Crippen molar-refractivity contribution in [3.8, 4) is 50.5 Å². The van der Waals surface area contributed by atoms with Gasteiger partial charge >= 0.3 is 0 Å². The van der Waals surface area contributed by atoms with Crippen molar-refractivity contribution < 1.29 is 0 Å². The fraction of sp³-hybridized carbons (Fsp3) is 0.0556. The summed E-state index contributed by atoms with van der Waals surface area (Å²) in [6.45, 7) is 4.77. The van der Waals surface area contributed by atoms with Crippen LogP contribution in [0.2, 0.25) is 0 Å². The van der Waals surface area contributed by atoms with Gasteiger partial charge in [0.15, 0.2) is 0 Å². The number of fused-ring (bicyclic) bond motifs is 5. The average molecular weight is 747 g/mol. The molecule has 1 aliphatic rings. The molecule has 0 atom stereocenters. The molecule has 0 spiro atoms. The van der Waals surface area contributed by atoms with Crippen LogP contribution in [-0.2, 0) is 5.41 Å². The van der Waals surface area contributed by atoms with Crippen molar-refractivity contribution in [3.05, 3.63) is 205 Å². The molecule has 10 aromatic rings. The zero-order valence-corrected chi connectivity index (χ0v) is 32.6. The van der Waals surface area contributed by atoms with E-state index in [2.05, 4.69) is 213 Å². The maximum atomic E-state index is 5.28. The summed E-state index contributed by atoms with van der Waals surface area (Å²) < 4.78 is 2.29. The van der Waals surface area contributed by atoms with Crippen LogP contribution in [0.4, 0.5) is 0 Å². The summed E-state index contributed by atoms with van der Waals surface area (Å²) in [4.78, 5) is 7.92. The Kier molecular flexibility index (Phi) is 7.80. The summed E-state index contributed by atoms with van der Waals surface area (Å²) in [5.74, 6) is 0.927. The Morgan fingerprint density at radius 2 is 1.04 bits per heavy atom. The van der Waals surface area contributed by atoms with Crippen LogP contribution < -0.4 is 0 Å². The first-order valence-corrected chi connectivity index (χ1v) is 20.4. The number of hydrogen-bond acceptors (Lipinski definition) is 2. The van der Waals surface area contributed by atoms with E-state index in [1.54, 1.807) is 0 Å². The highest BCUT2D eigenvalue weighted by Gasteiger charge is 2.34. The molecule has 9 aromatic carbocycles. The normalized spacial score (nSPS) is 13.2. The quantitative estimate of drug-likeness (QED) is 0.163. The van der Waals surface area contributed by atoms with Gasteiger partial charge in [0, 0.05) is 26.5 Å². The molecule has 270 valence electrons. The second-order valence-corrected chi connectivity index (χ2v) is 16.6. The van der Waals surface area contributed by atoms with Gasteiger partial charge in [-0.15, -0.1) is 0 Å². The lowest BCUT2D eigenvalue weighted by Gasteiger charge is -2.35. The van der Waals surface area contributed by atoms with Gasteiger partial charge < -0.3 is 0 Å². The molecule has 0 unspecified atom stereocenters. The van der Waals surface area contributed by atoms with Gasteiger partial charge in [-0.1, -0.05) is 165 Å². The summed E-state index contributed by atoms with van der Waals surface area (Å²) in [5.41, 5.74) is 14.1. The maximum Gasteiger partial charge on any atom is 0.145 e. The van der Waals surface area contributed by atoms with Crippen LogP contribution in [0.1, 0.15) is 25.0 Å². The third-order valence-corrected chi connectivity index (χ3v) is 13.0. The number of imidazole rings is 1. The lowest BCUT2D eigenvalue weighted by atomic mass is 9.75. The van der Waals surface area contributed by atoms with E-state index >= 15 is 0 Å². The smallest absolute Gasteiger partial charge is 0.145 e. The van der Waals surface area contributed by atoms with E-state index in [1.165, 1.54) is 75.8 Å². The molecule has 0 N–H and O–H groups in total. The van der Waals surface area contributed by atoms with Crippen molar-refractivity contribution in [2.45, 2.75) is 29.1 Å². The SMILES string of the molecule is CC1(C)c2ccccc2Sc2cc3c(-c4ccccc4)c4cc(-c5ccccc5)ccc4c(-c4cccc(-c5nc6ccccc6n5-c5ccccc5)c4)c3cc21. The third kappa shape index (κ3) is 5.45. The van der Waals surface area contributed by atoms with Gasteiger partial charge in [-0.05, 0) is 121 Å². The van der Waals surface area contributed by atoms with Crippen molar-refractivity contribution in [2.24, 2.45) is 0 Å². The zero-order valence-electron chi connectivity index (χ0n) is 31.8. The Balaban J connectivity index is 1.25. The van der Waals surface area contributed by atoms with E-state index in [0.29, 0.717) is 0 Å². The van der Waals surface area contributed by atoms with Crippen LogP contribution >= 0.6 is 11.8 Å². The molecule has 0 bridgehead atoms. The molecule has 57 heavy (non-hydrogen) atoms.